The molecule has 17 heavy (non-hydrogen) atoms. The van der Waals surface area contributed by atoms with Crippen molar-refractivity contribution < 1.29 is 9.90 Å². The van der Waals surface area contributed by atoms with Crippen molar-refractivity contribution in [3.8, 4) is 5.75 Å². The lowest BCUT2D eigenvalue weighted by Gasteiger charge is -2.07. The number of aldehydes is 1. The van der Waals surface area contributed by atoms with Crippen molar-refractivity contribution in [2.24, 2.45) is 0 Å². The van der Waals surface area contributed by atoms with Crippen molar-refractivity contribution in [3.05, 3.63) is 58.9 Å². The Balaban J connectivity index is 2.34. The lowest BCUT2D eigenvalue weighted by atomic mass is 10.0. The van der Waals surface area contributed by atoms with E-state index in [1.54, 1.807) is 25.4 Å². The molecule has 1 N–H and O–H groups in total. The topological polar surface area (TPSA) is 50.2 Å². The first kappa shape index (κ1) is 11.3. The molecule has 2 aromatic rings. The van der Waals surface area contributed by atoms with Crippen LogP contribution in [0.2, 0.25) is 0 Å². The first-order valence-corrected chi connectivity index (χ1v) is 5.37. The van der Waals surface area contributed by atoms with Crippen LogP contribution in [0.1, 0.15) is 27.0 Å². The number of hydrogen-bond donors (Lipinski definition) is 1. The number of pyridine rings is 1. The van der Waals surface area contributed by atoms with Crippen molar-refractivity contribution >= 4 is 6.29 Å². The van der Waals surface area contributed by atoms with Gasteiger partial charge in [0.1, 0.15) is 5.75 Å². The summed E-state index contributed by atoms with van der Waals surface area (Å²) in [5.74, 6) is 0.0648. The van der Waals surface area contributed by atoms with Gasteiger partial charge in [-0.2, -0.15) is 0 Å². The number of aromatic hydroxyl groups is 1. The van der Waals surface area contributed by atoms with Gasteiger partial charge in [-0.25, -0.2) is 0 Å². The van der Waals surface area contributed by atoms with E-state index in [4.69, 9.17) is 0 Å². The van der Waals surface area contributed by atoms with Crippen LogP contribution in [0, 0.1) is 6.92 Å². The van der Waals surface area contributed by atoms with E-state index in [0.29, 0.717) is 23.8 Å². The van der Waals surface area contributed by atoms with Crippen LogP contribution in [0.5, 0.6) is 5.75 Å². The van der Waals surface area contributed by atoms with E-state index in [1.807, 2.05) is 18.2 Å². The third kappa shape index (κ3) is 2.50. The number of hydrogen-bond acceptors (Lipinski definition) is 3. The summed E-state index contributed by atoms with van der Waals surface area (Å²) in [7, 11) is 0. The molecule has 1 aromatic heterocycles. The SMILES string of the molecule is Cc1cc(Cc2cccnc2)cc(C=O)c1O. The number of carbonyl (C=O) groups is 1. The average Bonchev–Trinajstić information content (AvgIpc) is 2.35. The van der Waals surface area contributed by atoms with Crippen LogP contribution in [0.3, 0.4) is 0 Å². The van der Waals surface area contributed by atoms with Gasteiger partial charge in [-0.15, -0.1) is 0 Å². The smallest absolute Gasteiger partial charge is 0.153 e. The molecule has 0 amide bonds. The third-order valence-corrected chi connectivity index (χ3v) is 2.65. The van der Waals surface area contributed by atoms with Gasteiger partial charge in [-0.05, 0) is 42.2 Å². The minimum absolute atomic E-state index is 0.0648. The molecule has 0 saturated carbocycles. The number of phenolic OH excluding ortho intramolecular Hbond substituents is 1. The zero-order chi connectivity index (χ0) is 12.3. The Bertz CT molecular complexity index is 535. The highest BCUT2D eigenvalue weighted by Gasteiger charge is 2.06. The molecule has 0 spiro atoms. The van der Waals surface area contributed by atoms with E-state index in [9.17, 15) is 9.90 Å². The van der Waals surface area contributed by atoms with E-state index in [-0.39, 0.29) is 5.75 Å². The second-order valence-electron chi connectivity index (χ2n) is 4.01. The van der Waals surface area contributed by atoms with Gasteiger partial charge in [0.15, 0.2) is 6.29 Å². The van der Waals surface area contributed by atoms with Crippen LogP contribution in [0.25, 0.3) is 0 Å². The Hall–Kier alpha value is -2.16. The first-order valence-electron chi connectivity index (χ1n) is 5.37. The van der Waals surface area contributed by atoms with Crippen LogP contribution in [-0.4, -0.2) is 16.4 Å². The monoisotopic (exact) mass is 227 g/mol. The molecule has 1 heterocycles. The average molecular weight is 227 g/mol. The Morgan fingerprint density at radius 1 is 1.35 bits per heavy atom. The highest BCUT2D eigenvalue weighted by atomic mass is 16.3. The maximum absolute atomic E-state index is 10.8. The summed E-state index contributed by atoms with van der Waals surface area (Å²) in [6, 6.07) is 7.46. The summed E-state index contributed by atoms with van der Waals surface area (Å²) < 4.78 is 0. The standard InChI is InChI=1S/C14H13NO2/c1-10-5-12(7-13(9-16)14(10)17)6-11-3-2-4-15-8-11/h2-5,7-9,17H,6H2,1H3. The maximum Gasteiger partial charge on any atom is 0.153 e. The lowest BCUT2D eigenvalue weighted by Crippen LogP contribution is -1.93. The van der Waals surface area contributed by atoms with Crippen molar-refractivity contribution in [1.82, 2.24) is 4.98 Å². The zero-order valence-corrected chi connectivity index (χ0v) is 9.55. The van der Waals surface area contributed by atoms with E-state index in [1.165, 1.54) is 0 Å². The fourth-order valence-corrected chi connectivity index (χ4v) is 1.81. The van der Waals surface area contributed by atoms with E-state index >= 15 is 0 Å². The summed E-state index contributed by atoms with van der Waals surface area (Å²) in [6.07, 6.45) is 4.90. The van der Waals surface area contributed by atoms with Crippen molar-refractivity contribution in [2.45, 2.75) is 13.3 Å². The number of rotatable bonds is 3. The number of benzene rings is 1. The van der Waals surface area contributed by atoms with Gasteiger partial charge in [-0.3, -0.25) is 9.78 Å². The summed E-state index contributed by atoms with van der Waals surface area (Å²) in [4.78, 5) is 14.9. The molecule has 0 unspecified atom stereocenters. The Labute approximate surface area is 99.8 Å². The van der Waals surface area contributed by atoms with Crippen molar-refractivity contribution in [1.29, 1.82) is 0 Å². The molecule has 0 atom stereocenters. The summed E-state index contributed by atoms with van der Waals surface area (Å²) in [5, 5.41) is 9.64. The van der Waals surface area contributed by atoms with Crippen molar-refractivity contribution in [3.63, 3.8) is 0 Å². The second-order valence-corrected chi connectivity index (χ2v) is 4.01. The van der Waals surface area contributed by atoms with E-state index in [2.05, 4.69) is 4.98 Å². The molecule has 0 bridgehead atoms. The minimum Gasteiger partial charge on any atom is -0.507 e. The fourth-order valence-electron chi connectivity index (χ4n) is 1.81. The van der Waals surface area contributed by atoms with Crippen LogP contribution in [0.15, 0.2) is 36.7 Å². The highest BCUT2D eigenvalue weighted by Crippen LogP contribution is 2.23. The molecule has 86 valence electrons. The quantitative estimate of drug-likeness (QED) is 0.819. The van der Waals surface area contributed by atoms with Gasteiger partial charge in [0, 0.05) is 12.4 Å². The number of nitrogens with zero attached hydrogens (tertiary/aromatic N) is 1. The van der Waals surface area contributed by atoms with Gasteiger partial charge in [0.2, 0.25) is 0 Å². The van der Waals surface area contributed by atoms with Gasteiger partial charge in [0.25, 0.3) is 0 Å². The molecule has 0 aliphatic rings. The van der Waals surface area contributed by atoms with E-state index in [0.717, 1.165) is 11.1 Å². The normalized spacial score (nSPS) is 10.2. The lowest BCUT2D eigenvalue weighted by molar-refractivity contribution is 0.112. The number of aryl methyl sites for hydroxylation is 1. The molecule has 2 rings (SSSR count). The van der Waals surface area contributed by atoms with Gasteiger partial charge in [0.05, 0.1) is 5.56 Å². The largest absolute Gasteiger partial charge is 0.507 e. The Kier molecular flexibility index (Phi) is 3.19. The number of carbonyl (C=O) groups excluding carboxylic acids is 1. The predicted octanol–water partition coefficient (Wildman–Crippen LogP) is 2.50. The Morgan fingerprint density at radius 3 is 2.82 bits per heavy atom. The third-order valence-electron chi connectivity index (χ3n) is 2.65. The highest BCUT2D eigenvalue weighted by molar-refractivity contribution is 5.80. The summed E-state index contributed by atoms with van der Waals surface area (Å²) in [5.41, 5.74) is 3.13. The molecule has 0 saturated heterocycles. The van der Waals surface area contributed by atoms with Crippen molar-refractivity contribution in [2.75, 3.05) is 0 Å². The second kappa shape index (κ2) is 4.78. The molecule has 0 aliphatic heterocycles. The minimum atomic E-state index is 0.0648. The maximum atomic E-state index is 10.8. The molecule has 0 aliphatic carbocycles. The zero-order valence-electron chi connectivity index (χ0n) is 9.55. The molecule has 0 fully saturated rings. The molecule has 0 radical (unpaired) electrons. The van der Waals surface area contributed by atoms with Crippen LogP contribution in [0.4, 0.5) is 0 Å². The summed E-state index contributed by atoms with van der Waals surface area (Å²) in [6.45, 7) is 1.79. The van der Waals surface area contributed by atoms with Crippen LogP contribution >= 0.6 is 0 Å². The predicted molar refractivity (Wildman–Crippen MR) is 65.3 cm³/mol. The molecule has 3 heteroatoms. The van der Waals surface area contributed by atoms with E-state index < -0.39 is 0 Å². The van der Waals surface area contributed by atoms with Gasteiger partial charge in [-0.1, -0.05) is 12.1 Å². The fraction of sp³-hybridized carbons (Fsp3) is 0.143. The molecule has 1 aromatic carbocycles. The molecular weight excluding hydrogens is 214 g/mol. The molecular formula is C14H13NO2. The number of aromatic nitrogens is 1. The van der Waals surface area contributed by atoms with Gasteiger partial charge < -0.3 is 5.11 Å². The number of phenols is 1. The van der Waals surface area contributed by atoms with Crippen LogP contribution in [-0.2, 0) is 6.42 Å². The Morgan fingerprint density at radius 2 is 2.18 bits per heavy atom. The molecule has 3 nitrogen and oxygen atoms in total. The first-order chi connectivity index (χ1) is 8.20. The summed E-state index contributed by atoms with van der Waals surface area (Å²) >= 11 is 0. The van der Waals surface area contributed by atoms with Crippen LogP contribution < -0.4 is 0 Å². The van der Waals surface area contributed by atoms with Gasteiger partial charge >= 0.3 is 0 Å².